The van der Waals surface area contributed by atoms with Crippen molar-refractivity contribution in [1.82, 2.24) is 15.5 Å². The summed E-state index contributed by atoms with van der Waals surface area (Å²) in [6, 6.07) is 4.74. The van der Waals surface area contributed by atoms with Crippen LogP contribution in [0.2, 0.25) is 0 Å². The largest absolute Gasteiger partial charge is 0.382 e. The number of nitrogens with one attached hydrogen (secondary N) is 2. The van der Waals surface area contributed by atoms with Gasteiger partial charge in [0.15, 0.2) is 5.96 Å². The molecule has 0 radical (unpaired) electrons. The molecule has 1 aromatic heterocycles. The number of thiophene rings is 1. The monoisotopic (exact) mass is 422 g/mol. The first-order valence-electron chi connectivity index (χ1n) is 11.1. The molecule has 1 aliphatic carbocycles. The molecule has 0 aromatic carbocycles. The summed E-state index contributed by atoms with van der Waals surface area (Å²) in [7, 11) is 1.87. The van der Waals surface area contributed by atoms with Crippen LogP contribution in [0, 0.1) is 5.41 Å². The van der Waals surface area contributed by atoms with Gasteiger partial charge in [-0.05, 0) is 43.0 Å². The lowest BCUT2D eigenvalue weighted by Gasteiger charge is -2.35. The minimum absolute atomic E-state index is 0.351. The van der Waals surface area contributed by atoms with Gasteiger partial charge in [-0.1, -0.05) is 18.9 Å². The van der Waals surface area contributed by atoms with Crippen LogP contribution in [0.1, 0.15) is 49.9 Å². The second-order valence-corrected chi connectivity index (χ2v) is 9.12. The number of hydrogen-bond donors (Lipinski definition) is 2. The number of ether oxygens (including phenoxy) is 2. The van der Waals surface area contributed by atoms with Crippen molar-refractivity contribution < 1.29 is 9.47 Å². The summed E-state index contributed by atoms with van der Waals surface area (Å²) in [5.74, 6) is 0.905. The van der Waals surface area contributed by atoms with Gasteiger partial charge in [-0.3, -0.25) is 9.89 Å². The van der Waals surface area contributed by atoms with E-state index in [0.717, 1.165) is 65.0 Å². The molecular formula is C22H38N4O2S. The smallest absolute Gasteiger partial charge is 0.191 e. The Morgan fingerprint density at radius 3 is 2.76 bits per heavy atom. The van der Waals surface area contributed by atoms with E-state index in [0.29, 0.717) is 11.5 Å². The third-order valence-corrected chi connectivity index (χ3v) is 7.29. The van der Waals surface area contributed by atoms with Gasteiger partial charge in [0, 0.05) is 51.3 Å². The van der Waals surface area contributed by atoms with Gasteiger partial charge in [-0.25, -0.2) is 0 Å². The quantitative estimate of drug-likeness (QED) is 0.344. The summed E-state index contributed by atoms with van der Waals surface area (Å²) in [6.45, 7) is 9.17. The molecule has 1 atom stereocenters. The molecule has 1 saturated carbocycles. The van der Waals surface area contributed by atoms with Crippen LogP contribution in [0.25, 0.3) is 0 Å². The van der Waals surface area contributed by atoms with Gasteiger partial charge in [-0.15, -0.1) is 11.3 Å². The Labute approximate surface area is 180 Å². The number of morpholine rings is 1. The minimum Gasteiger partial charge on any atom is -0.382 e. The first kappa shape index (κ1) is 22.5. The standard InChI is InChI=1S/C22H38N4O2S/c1-3-27-13-10-22(8-4-5-9-22)18-25-21(23-2)24-17-19(20-7-6-16-29-20)26-11-14-28-15-12-26/h6-7,16,19H,3-5,8-15,17-18H2,1-2H3,(H2,23,24,25). The van der Waals surface area contributed by atoms with Crippen molar-refractivity contribution in [3.8, 4) is 0 Å². The Kier molecular flexibility index (Phi) is 9.24. The molecule has 1 aromatic rings. The van der Waals surface area contributed by atoms with Crippen LogP contribution in [-0.4, -0.2) is 70.5 Å². The van der Waals surface area contributed by atoms with Gasteiger partial charge in [0.1, 0.15) is 0 Å². The third-order valence-electron chi connectivity index (χ3n) is 6.32. The van der Waals surface area contributed by atoms with E-state index < -0.39 is 0 Å². The maximum atomic E-state index is 5.65. The van der Waals surface area contributed by atoms with Crippen molar-refractivity contribution in [2.45, 2.75) is 45.1 Å². The molecule has 0 amide bonds. The lowest BCUT2D eigenvalue weighted by molar-refractivity contribution is 0.0177. The van der Waals surface area contributed by atoms with E-state index in [9.17, 15) is 0 Å². The predicted molar refractivity (Wildman–Crippen MR) is 121 cm³/mol. The molecule has 7 heteroatoms. The maximum Gasteiger partial charge on any atom is 0.191 e. The zero-order chi connectivity index (χ0) is 20.4. The van der Waals surface area contributed by atoms with E-state index in [4.69, 9.17) is 9.47 Å². The molecule has 0 spiro atoms. The zero-order valence-corrected chi connectivity index (χ0v) is 18.9. The highest BCUT2D eigenvalue weighted by atomic mass is 32.1. The van der Waals surface area contributed by atoms with Gasteiger partial charge in [0.2, 0.25) is 0 Å². The Bertz CT molecular complexity index is 596. The molecule has 2 aliphatic rings. The summed E-state index contributed by atoms with van der Waals surface area (Å²) < 4.78 is 11.2. The normalized spacial score (nSPS) is 21.2. The van der Waals surface area contributed by atoms with Gasteiger partial charge < -0.3 is 20.1 Å². The van der Waals surface area contributed by atoms with E-state index in [-0.39, 0.29) is 0 Å². The molecule has 2 N–H and O–H groups in total. The van der Waals surface area contributed by atoms with Gasteiger partial charge >= 0.3 is 0 Å². The molecule has 6 nitrogen and oxygen atoms in total. The Morgan fingerprint density at radius 1 is 1.31 bits per heavy atom. The molecule has 2 heterocycles. The van der Waals surface area contributed by atoms with Crippen LogP contribution in [0.3, 0.4) is 0 Å². The molecule has 1 unspecified atom stereocenters. The van der Waals surface area contributed by atoms with Gasteiger partial charge in [-0.2, -0.15) is 0 Å². The first-order valence-corrected chi connectivity index (χ1v) is 12.0. The van der Waals surface area contributed by atoms with Crippen LogP contribution < -0.4 is 10.6 Å². The lowest BCUT2D eigenvalue weighted by Crippen LogP contribution is -2.48. The molecule has 0 bridgehead atoms. The lowest BCUT2D eigenvalue weighted by atomic mass is 9.83. The fourth-order valence-electron chi connectivity index (χ4n) is 4.54. The molecule has 2 fully saturated rings. The van der Waals surface area contributed by atoms with E-state index in [1.54, 1.807) is 0 Å². The van der Waals surface area contributed by atoms with Crippen molar-refractivity contribution in [3.63, 3.8) is 0 Å². The van der Waals surface area contributed by atoms with Crippen LogP contribution in [-0.2, 0) is 9.47 Å². The van der Waals surface area contributed by atoms with Crippen molar-refractivity contribution in [2.24, 2.45) is 10.4 Å². The van der Waals surface area contributed by atoms with E-state index in [1.807, 2.05) is 18.4 Å². The van der Waals surface area contributed by atoms with E-state index in [2.05, 4.69) is 45.0 Å². The maximum absolute atomic E-state index is 5.65. The Hall–Kier alpha value is -1.15. The molecule has 1 saturated heterocycles. The average molecular weight is 423 g/mol. The first-order chi connectivity index (χ1) is 14.3. The third kappa shape index (κ3) is 6.67. The molecular weight excluding hydrogens is 384 g/mol. The van der Waals surface area contributed by atoms with Crippen molar-refractivity contribution in [1.29, 1.82) is 0 Å². The van der Waals surface area contributed by atoms with Gasteiger partial charge in [0.25, 0.3) is 0 Å². The summed E-state index contributed by atoms with van der Waals surface area (Å²) in [6.07, 6.45) is 6.37. The topological polar surface area (TPSA) is 58.1 Å². The second kappa shape index (κ2) is 11.9. The summed E-state index contributed by atoms with van der Waals surface area (Å²) in [5.41, 5.74) is 0.351. The fourth-order valence-corrected chi connectivity index (χ4v) is 5.40. The highest BCUT2D eigenvalue weighted by molar-refractivity contribution is 7.10. The molecule has 29 heavy (non-hydrogen) atoms. The van der Waals surface area contributed by atoms with Crippen LogP contribution >= 0.6 is 11.3 Å². The Morgan fingerprint density at radius 2 is 2.10 bits per heavy atom. The van der Waals surface area contributed by atoms with Crippen LogP contribution in [0.5, 0.6) is 0 Å². The number of aliphatic imine (C=N–C) groups is 1. The van der Waals surface area contributed by atoms with Crippen LogP contribution in [0.4, 0.5) is 0 Å². The highest BCUT2D eigenvalue weighted by Crippen LogP contribution is 2.40. The number of nitrogens with zero attached hydrogens (tertiary/aromatic N) is 2. The Balaban J connectivity index is 1.54. The summed E-state index contributed by atoms with van der Waals surface area (Å²) in [5, 5.41) is 9.39. The van der Waals surface area contributed by atoms with Crippen molar-refractivity contribution in [2.75, 3.05) is 59.7 Å². The highest BCUT2D eigenvalue weighted by Gasteiger charge is 2.33. The van der Waals surface area contributed by atoms with E-state index in [1.165, 1.54) is 30.6 Å². The number of hydrogen-bond acceptors (Lipinski definition) is 5. The zero-order valence-electron chi connectivity index (χ0n) is 18.1. The van der Waals surface area contributed by atoms with Crippen molar-refractivity contribution in [3.05, 3.63) is 22.4 Å². The summed E-state index contributed by atoms with van der Waals surface area (Å²) >= 11 is 1.83. The number of rotatable bonds is 10. The minimum atomic E-state index is 0.351. The average Bonchev–Trinajstić information content (AvgIpc) is 3.44. The number of guanidine groups is 1. The van der Waals surface area contributed by atoms with Crippen molar-refractivity contribution >= 4 is 17.3 Å². The molecule has 164 valence electrons. The predicted octanol–water partition coefficient (Wildman–Crippen LogP) is 3.27. The molecule has 3 rings (SSSR count). The van der Waals surface area contributed by atoms with Crippen LogP contribution in [0.15, 0.2) is 22.5 Å². The fraction of sp³-hybridized carbons (Fsp3) is 0.773. The summed E-state index contributed by atoms with van der Waals surface area (Å²) in [4.78, 5) is 8.42. The van der Waals surface area contributed by atoms with E-state index >= 15 is 0 Å². The second-order valence-electron chi connectivity index (χ2n) is 8.14. The SMILES string of the molecule is CCOCCC1(CNC(=NC)NCC(c2cccs2)N2CCOCC2)CCCC1. The molecule has 1 aliphatic heterocycles. The van der Waals surface area contributed by atoms with Gasteiger partial charge in [0.05, 0.1) is 19.3 Å².